The number of aromatic nitrogens is 1. The molecule has 28 heavy (non-hydrogen) atoms. The Hall–Kier alpha value is -3.35. The number of hydrogen-bond donors (Lipinski definition) is 1. The molecule has 4 rings (SSSR count). The Morgan fingerprint density at radius 1 is 1.21 bits per heavy atom. The number of carbonyl (C=O) groups excluding carboxylic acids is 1. The molecule has 2 heterocycles. The van der Waals surface area contributed by atoms with Crippen molar-refractivity contribution < 1.29 is 18.3 Å². The van der Waals surface area contributed by atoms with Gasteiger partial charge in [-0.1, -0.05) is 6.07 Å². The van der Waals surface area contributed by atoms with Gasteiger partial charge in [0.1, 0.15) is 24.4 Å². The van der Waals surface area contributed by atoms with Gasteiger partial charge in [-0.2, -0.15) is 0 Å². The van der Waals surface area contributed by atoms with Crippen LogP contribution in [0.1, 0.15) is 16.8 Å². The third kappa shape index (κ3) is 3.69. The van der Waals surface area contributed by atoms with Crippen LogP contribution >= 0.6 is 0 Å². The summed E-state index contributed by atoms with van der Waals surface area (Å²) in [6.45, 7) is 4.84. The maximum absolute atomic E-state index is 13.6. The maximum Gasteiger partial charge on any atom is 0.322 e. The van der Waals surface area contributed by atoms with E-state index >= 15 is 0 Å². The third-order valence-electron chi connectivity index (χ3n) is 4.63. The number of nitrogens with zero attached hydrogens (tertiary/aromatic N) is 2. The molecule has 7 heteroatoms. The minimum atomic E-state index is -0.353. The normalized spacial score (nSPS) is 13.5. The second-order valence-corrected chi connectivity index (χ2v) is 6.78. The SMILES string of the molecule is Cc1coc(-c2cc(NC(=O)N3CCOc4ccc(F)cc4C3)ccc2C)n1. The lowest BCUT2D eigenvalue weighted by molar-refractivity contribution is 0.200. The number of urea groups is 1. The van der Waals surface area contributed by atoms with Crippen LogP contribution in [0.25, 0.3) is 11.5 Å². The molecule has 0 atom stereocenters. The highest BCUT2D eigenvalue weighted by atomic mass is 19.1. The van der Waals surface area contributed by atoms with Gasteiger partial charge in [-0.3, -0.25) is 0 Å². The molecule has 1 aliphatic heterocycles. The largest absolute Gasteiger partial charge is 0.491 e. The summed E-state index contributed by atoms with van der Waals surface area (Å²) in [5.41, 5.74) is 3.88. The molecule has 1 N–H and O–H groups in total. The van der Waals surface area contributed by atoms with Crippen molar-refractivity contribution in [2.75, 3.05) is 18.5 Å². The number of benzene rings is 2. The second kappa shape index (κ2) is 7.34. The number of rotatable bonds is 2. The number of aryl methyl sites for hydroxylation is 2. The highest BCUT2D eigenvalue weighted by Gasteiger charge is 2.21. The molecule has 0 radical (unpaired) electrons. The van der Waals surface area contributed by atoms with Crippen LogP contribution < -0.4 is 10.1 Å². The first-order valence-electron chi connectivity index (χ1n) is 9.00. The van der Waals surface area contributed by atoms with Crippen LogP contribution in [0.5, 0.6) is 5.75 Å². The summed E-state index contributed by atoms with van der Waals surface area (Å²) >= 11 is 0. The lowest BCUT2D eigenvalue weighted by Gasteiger charge is -2.20. The third-order valence-corrected chi connectivity index (χ3v) is 4.63. The fourth-order valence-electron chi connectivity index (χ4n) is 3.15. The molecular weight excluding hydrogens is 361 g/mol. The molecule has 0 unspecified atom stereocenters. The number of amides is 2. The summed E-state index contributed by atoms with van der Waals surface area (Å²) in [6, 6.07) is 9.63. The van der Waals surface area contributed by atoms with Crippen LogP contribution in [0.3, 0.4) is 0 Å². The standard InChI is InChI=1S/C21H20FN3O3/c1-13-3-5-17(10-18(13)20-23-14(2)12-28-20)24-21(26)25-7-8-27-19-6-4-16(22)9-15(19)11-25/h3-6,9-10,12H,7-8,11H2,1-2H3,(H,24,26). The smallest absolute Gasteiger partial charge is 0.322 e. The number of nitrogens with one attached hydrogen (secondary N) is 1. The molecule has 1 aromatic heterocycles. The van der Waals surface area contributed by atoms with Gasteiger partial charge in [-0.15, -0.1) is 0 Å². The predicted octanol–water partition coefficient (Wildman–Crippen LogP) is 4.52. The van der Waals surface area contributed by atoms with Crippen LogP contribution in [0.2, 0.25) is 0 Å². The van der Waals surface area contributed by atoms with Gasteiger partial charge in [-0.25, -0.2) is 14.2 Å². The molecule has 1 aliphatic rings. The van der Waals surface area contributed by atoms with E-state index in [1.54, 1.807) is 17.2 Å². The minimum Gasteiger partial charge on any atom is -0.491 e. The van der Waals surface area contributed by atoms with Crippen molar-refractivity contribution in [2.45, 2.75) is 20.4 Å². The first kappa shape index (κ1) is 18.0. The van der Waals surface area contributed by atoms with Crippen molar-refractivity contribution in [3.05, 3.63) is 65.3 Å². The zero-order valence-corrected chi connectivity index (χ0v) is 15.7. The maximum atomic E-state index is 13.6. The molecule has 0 saturated carbocycles. The van der Waals surface area contributed by atoms with Gasteiger partial charge >= 0.3 is 6.03 Å². The Balaban J connectivity index is 1.53. The predicted molar refractivity (Wildman–Crippen MR) is 103 cm³/mol. The van der Waals surface area contributed by atoms with E-state index in [0.29, 0.717) is 36.0 Å². The summed E-state index contributed by atoms with van der Waals surface area (Å²) in [5, 5.41) is 2.90. The number of carbonyl (C=O) groups is 1. The van der Waals surface area contributed by atoms with Gasteiger partial charge in [0.05, 0.1) is 18.8 Å². The van der Waals surface area contributed by atoms with E-state index in [-0.39, 0.29) is 18.4 Å². The van der Waals surface area contributed by atoms with Crippen molar-refractivity contribution in [3.8, 4) is 17.2 Å². The highest BCUT2D eigenvalue weighted by molar-refractivity contribution is 5.90. The second-order valence-electron chi connectivity index (χ2n) is 6.78. The lowest BCUT2D eigenvalue weighted by Crippen LogP contribution is -2.36. The average Bonchev–Trinajstić information content (AvgIpc) is 2.98. The summed E-state index contributed by atoms with van der Waals surface area (Å²) in [6.07, 6.45) is 1.59. The van der Waals surface area contributed by atoms with E-state index in [9.17, 15) is 9.18 Å². The molecule has 0 fully saturated rings. The topological polar surface area (TPSA) is 67.6 Å². The summed E-state index contributed by atoms with van der Waals surface area (Å²) < 4.78 is 24.7. The minimum absolute atomic E-state index is 0.274. The monoisotopic (exact) mass is 381 g/mol. The Labute approximate surface area is 161 Å². The van der Waals surface area contributed by atoms with E-state index < -0.39 is 0 Å². The number of anilines is 1. The van der Waals surface area contributed by atoms with Crippen molar-refractivity contribution >= 4 is 11.7 Å². The Bertz CT molecular complexity index is 1030. The zero-order valence-electron chi connectivity index (χ0n) is 15.7. The van der Waals surface area contributed by atoms with Gasteiger partial charge in [0.25, 0.3) is 0 Å². The van der Waals surface area contributed by atoms with E-state index in [0.717, 1.165) is 16.8 Å². The molecule has 0 saturated heterocycles. The van der Waals surface area contributed by atoms with Crippen molar-refractivity contribution in [3.63, 3.8) is 0 Å². The molecule has 0 aliphatic carbocycles. The van der Waals surface area contributed by atoms with Crippen LogP contribution in [0, 0.1) is 19.7 Å². The van der Waals surface area contributed by atoms with Gasteiger partial charge < -0.3 is 19.4 Å². The molecule has 3 aromatic rings. The van der Waals surface area contributed by atoms with E-state index in [1.807, 2.05) is 32.0 Å². The van der Waals surface area contributed by atoms with Crippen molar-refractivity contribution in [1.82, 2.24) is 9.88 Å². The first-order valence-corrected chi connectivity index (χ1v) is 9.00. The molecule has 2 amide bonds. The van der Waals surface area contributed by atoms with Gasteiger partial charge in [0, 0.05) is 16.8 Å². The van der Waals surface area contributed by atoms with Gasteiger partial charge in [0.15, 0.2) is 0 Å². The molecular formula is C21H20FN3O3. The fourth-order valence-corrected chi connectivity index (χ4v) is 3.15. The van der Waals surface area contributed by atoms with Gasteiger partial charge in [0.2, 0.25) is 5.89 Å². The summed E-state index contributed by atoms with van der Waals surface area (Å²) in [7, 11) is 0. The van der Waals surface area contributed by atoms with Crippen LogP contribution in [0.4, 0.5) is 14.9 Å². The number of oxazole rings is 1. The Kier molecular flexibility index (Phi) is 4.73. The zero-order chi connectivity index (χ0) is 19.7. The molecule has 2 aromatic carbocycles. The van der Waals surface area contributed by atoms with Crippen LogP contribution in [0.15, 0.2) is 47.1 Å². The van der Waals surface area contributed by atoms with Crippen molar-refractivity contribution in [1.29, 1.82) is 0 Å². The van der Waals surface area contributed by atoms with Crippen LogP contribution in [-0.4, -0.2) is 29.1 Å². The van der Waals surface area contributed by atoms with Crippen molar-refractivity contribution in [2.24, 2.45) is 0 Å². The Morgan fingerprint density at radius 2 is 2.07 bits per heavy atom. The first-order chi connectivity index (χ1) is 13.5. The average molecular weight is 381 g/mol. The fraction of sp³-hybridized carbons (Fsp3) is 0.238. The summed E-state index contributed by atoms with van der Waals surface area (Å²) in [4.78, 5) is 18.7. The number of hydrogen-bond acceptors (Lipinski definition) is 4. The molecule has 0 bridgehead atoms. The van der Waals surface area contributed by atoms with E-state index in [2.05, 4.69) is 10.3 Å². The number of fused-ring (bicyclic) bond motifs is 1. The number of ether oxygens (including phenoxy) is 1. The van der Waals surface area contributed by atoms with E-state index in [1.165, 1.54) is 12.1 Å². The molecule has 6 nitrogen and oxygen atoms in total. The molecule has 0 spiro atoms. The molecule has 144 valence electrons. The quantitative estimate of drug-likeness (QED) is 0.708. The van der Waals surface area contributed by atoms with Crippen LogP contribution in [-0.2, 0) is 6.54 Å². The van der Waals surface area contributed by atoms with E-state index in [4.69, 9.17) is 9.15 Å². The lowest BCUT2D eigenvalue weighted by atomic mass is 10.1. The highest BCUT2D eigenvalue weighted by Crippen LogP contribution is 2.27. The summed E-state index contributed by atoms with van der Waals surface area (Å²) in [5.74, 6) is 0.765. The van der Waals surface area contributed by atoms with Gasteiger partial charge in [-0.05, 0) is 49.7 Å². The Morgan fingerprint density at radius 3 is 2.86 bits per heavy atom. The number of halogens is 1.